The zero-order chi connectivity index (χ0) is 25.4. The third-order valence-corrected chi connectivity index (χ3v) is 6.44. The predicted octanol–water partition coefficient (Wildman–Crippen LogP) is 3.16. The summed E-state index contributed by atoms with van der Waals surface area (Å²) in [4.78, 5) is 26.4. The van der Waals surface area contributed by atoms with E-state index in [0.717, 1.165) is 37.5 Å². The lowest BCUT2D eigenvalue weighted by Gasteiger charge is -2.28. The summed E-state index contributed by atoms with van der Waals surface area (Å²) in [6, 6.07) is 1.76. The van der Waals surface area contributed by atoms with Gasteiger partial charge in [-0.15, -0.1) is 0 Å². The molecule has 2 aromatic rings. The van der Waals surface area contributed by atoms with Crippen LogP contribution in [0.15, 0.2) is 12.1 Å². The Balaban J connectivity index is 1.48. The van der Waals surface area contributed by atoms with Crippen LogP contribution < -0.4 is 21.1 Å². The van der Waals surface area contributed by atoms with Crippen LogP contribution in [0.3, 0.4) is 0 Å². The molecule has 35 heavy (non-hydrogen) atoms. The van der Waals surface area contributed by atoms with Crippen LogP contribution in [-0.4, -0.2) is 58.6 Å². The Kier molecular flexibility index (Phi) is 9.75. The highest BCUT2D eigenvalue weighted by Gasteiger charge is 2.23. The molecule has 1 fully saturated rings. The number of β-amino-alcohol motifs (C(OH)–C–C–N with tert-alkyl or cyclic N) is 1. The summed E-state index contributed by atoms with van der Waals surface area (Å²) in [5.74, 6) is -2.69. The van der Waals surface area contributed by atoms with Crippen LogP contribution in [0.4, 0.5) is 18.6 Å². The van der Waals surface area contributed by atoms with Gasteiger partial charge in [-0.25, -0.2) is 13.6 Å². The SMILES string of the molecule is Cc1cc(F)c(COc2nsc(NC(=O)NCCCC(O)CN3CCCCC3)c2C(N)=O)c(F)c1. The third kappa shape index (κ3) is 7.84. The number of rotatable bonds is 11. The van der Waals surface area contributed by atoms with Crippen molar-refractivity contribution >= 4 is 28.5 Å². The van der Waals surface area contributed by atoms with Gasteiger partial charge in [0.15, 0.2) is 0 Å². The fourth-order valence-electron chi connectivity index (χ4n) is 3.90. The summed E-state index contributed by atoms with van der Waals surface area (Å²) < 4.78 is 37.4. The van der Waals surface area contributed by atoms with Crippen molar-refractivity contribution in [2.75, 3.05) is 31.5 Å². The molecular formula is C23H31F2N5O4S. The molecule has 0 saturated carbocycles. The van der Waals surface area contributed by atoms with Gasteiger partial charge in [0, 0.05) is 13.1 Å². The van der Waals surface area contributed by atoms with Crippen LogP contribution in [-0.2, 0) is 6.61 Å². The number of aliphatic hydroxyl groups is 1. The van der Waals surface area contributed by atoms with Crippen LogP contribution in [0.1, 0.15) is 53.6 Å². The largest absolute Gasteiger partial charge is 0.471 e. The summed E-state index contributed by atoms with van der Waals surface area (Å²) in [7, 11) is 0. The van der Waals surface area contributed by atoms with Crippen LogP contribution in [0.5, 0.6) is 5.88 Å². The number of halogens is 2. The number of aliphatic hydroxyl groups excluding tert-OH is 1. The average Bonchev–Trinajstić information content (AvgIpc) is 3.19. The second kappa shape index (κ2) is 12.8. The molecule has 1 aliphatic heterocycles. The Hall–Kier alpha value is -2.83. The lowest BCUT2D eigenvalue weighted by molar-refractivity contribution is 0.0933. The Bertz CT molecular complexity index is 1010. The van der Waals surface area contributed by atoms with Crippen molar-refractivity contribution in [3.63, 3.8) is 0 Å². The van der Waals surface area contributed by atoms with E-state index in [2.05, 4.69) is 19.9 Å². The van der Waals surface area contributed by atoms with Gasteiger partial charge in [0.2, 0.25) is 5.88 Å². The molecular weight excluding hydrogens is 480 g/mol. The number of primary amides is 1. The number of hydrogen-bond acceptors (Lipinski definition) is 7. The number of nitrogens with zero attached hydrogens (tertiary/aromatic N) is 2. The molecule has 12 heteroatoms. The summed E-state index contributed by atoms with van der Waals surface area (Å²) in [6.45, 7) is 4.03. The number of carbonyl (C=O) groups is 2. The molecule has 1 atom stereocenters. The Morgan fingerprint density at radius 3 is 2.60 bits per heavy atom. The van der Waals surface area contributed by atoms with E-state index in [0.29, 0.717) is 31.5 Å². The molecule has 3 amide bonds. The number of aryl methyl sites for hydroxylation is 1. The Labute approximate surface area is 206 Å². The fourth-order valence-corrected chi connectivity index (χ4v) is 4.64. The van der Waals surface area contributed by atoms with Crippen molar-refractivity contribution in [1.29, 1.82) is 0 Å². The smallest absolute Gasteiger partial charge is 0.319 e. The molecule has 3 rings (SSSR count). The van der Waals surface area contributed by atoms with Crippen LogP contribution in [0.2, 0.25) is 0 Å². The van der Waals surface area contributed by atoms with Gasteiger partial charge in [0.05, 0.1) is 11.7 Å². The van der Waals surface area contributed by atoms with Crippen molar-refractivity contribution < 1.29 is 28.2 Å². The number of nitrogens with one attached hydrogen (secondary N) is 2. The molecule has 0 bridgehead atoms. The van der Waals surface area contributed by atoms with Gasteiger partial charge >= 0.3 is 6.03 Å². The van der Waals surface area contributed by atoms with Gasteiger partial charge in [-0.05, 0) is 74.9 Å². The maximum atomic E-state index is 14.1. The quantitative estimate of drug-likeness (QED) is 0.343. The second-order valence-corrected chi connectivity index (χ2v) is 9.36. The number of likely N-dealkylation sites (tertiary alicyclic amines) is 1. The molecule has 0 aliphatic carbocycles. The van der Waals surface area contributed by atoms with E-state index < -0.39 is 36.3 Å². The number of amides is 3. The molecule has 1 unspecified atom stereocenters. The molecule has 1 aromatic heterocycles. The summed E-state index contributed by atoms with van der Waals surface area (Å²) >= 11 is 0.762. The number of urea groups is 1. The molecule has 2 heterocycles. The van der Waals surface area contributed by atoms with Crippen molar-refractivity contribution in [1.82, 2.24) is 14.6 Å². The van der Waals surface area contributed by atoms with E-state index in [4.69, 9.17) is 10.5 Å². The van der Waals surface area contributed by atoms with Gasteiger partial charge < -0.3 is 25.8 Å². The van der Waals surface area contributed by atoms with Crippen LogP contribution in [0, 0.1) is 18.6 Å². The van der Waals surface area contributed by atoms with Crippen molar-refractivity contribution in [3.05, 3.63) is 40.5 Å². The van der Waals surface area contributed by atoms with Gasteiger partial charge in [0.1, 0.15) is 28.8 Å². The van der Waals surface area contributed by atoms with E-state index in [9.17, 15) is 23.5 Å². The Morgan fingerprint density at radius 2 is 1.94 bits per heavy atom. The third-order valence-electron chi connectivity index (χ3n) is 5.69. The first-order valence-corrected chi connectivity index (χ1v) is 12.3. The van der Waals surface area contributed by atoms with Crippen molar-refractivity contribution in [3.8, 4) is 5.88 Å². The minimum absolute atomic E-state index is 0.0555. The average molecular weight is 512 g/mol. The number of aromatic nitrogens is 1. The van der Waals surface area contributed by atoms with E-state index in [1.807, 2.05) is 0 Å². The van der Waals surface area contributed by atoms with E-state index in [1.54, 1.807) is 6.92 Å². The maximum Gasteiger partial charge on any atom is 0.319 e. The van der Waals surface area contributed by atoms with E-state index >= 15 is 0 Å². The lowest BCUT2D eigenvalue weighted by atomic mass is 10.1. The van der Waals surface area contributed by atoms with Gasteiger partial charge in [0.25, 0.3) is 5.91 Å². The highest BCUT2D eigenvalue weighted by atomic mass is 32.1. The van der Waals surface area contributed by atoms with Crippen molar-refractivity contribution in [2.24, 2.45) is 5.73 Å². The number of carbonyl (C=O) groups excluding carboxylic acids is 2. The van der Waals surface area contributed by atoms with Gasteiger partial charge in [-0.2, -0.15) is 4.37 Å². The molecule has 0 radical (unpaired) electrons. The molecule has 0 spiro atoms. The summed E-state index contributed by atoms with van der Waals surface area (Å²) in [6.07, 6.45) is 4.23. The normalized spacial score (nSPS) is 15.0. The van der Waals surface area contributed by atoms with Gasteiger partial charge in [-0.1, -0.05) is 6.42 Å². The number of piperidine rings is 1. The maximum absolute atomic E-state index is 14.1. The topological polar surface area (TPSA) is 130 Å². The minimum Gasteiger partial charge on any atom is -0.471 e. The van der Waals surface area contributed by atoms with Crippen LogP contribution in [0.25, 0.3) is 0 Å². The predicted molar refractivity (Wildman–Crippen MR) is 129 cm³/mol. The fraction of sp³-hybridized carbons (Fsp3) is 0.522. The van der Waals surface area contributed by atoms with E-state index in [1.165, 1.54) is 18.6 Å². The number of nitrogens with two attached hydrogens (primary N) is 1. The number of ether oxygens (including phenoxy) is 1. The van der Waals surface area contributed by atoms with Gasteiger partial charge in [-0.3, -0.25) is 10.1 Å². The molecule has 5 N–H and O–H groups in total. The van der Waals surface area contributed by atoms with Crippen LogP contribution >= 0.6 is 11.5 Å². The highest BCUT2D eigenvalue weighted by molar-refractivity contribution is 7.11. The molecule has 9 nitrogen and oxygen atoms in total. The zero-order valence-corrected chi connectivity index (χ0v) is 20.4. The first-order valence-electron chi connectivity index (χ1n) is 11.6. The molecule has 192 valence electrons. The Morgan fingerprint density at radius 1 is 1.26 bits per heavy atom. The summed E-state index contributed by atoms with van der Waals surface area (Å²) in [5, 5.41) is 15.4. The standard InChI is InChI=1S/C23H31F2N5O4S/c1-14-10-17(24)16(18(25)11-14)13-34-21-19(20(26)32)22(35-29-21)28-23(33)27-7-5-6-15(31)12-30-8-3-2-4-9-30/h10-11,15,31H,2-9,12-13H2,1H3,(H2,26,32)(H2,27,28,33). The molecule has 1 saturated heterocycles. The minimum atomic E-state index is -0.908. The second-order valence-electron chi connectivity index (χ2n) is 8.59. The first kappa shape index (κ1) is 26.8. The molecule has 1 aromatic carbocycles. The first-order chi connectivity index (χ1) is 16.7. The lowest BCUT2D eigenvalue weighted by Crippen LogP contribution is -2.37. The van der Waals surface area contributed by atoms with Crippen molar-refractivity contribution in [2.45, 2.75) is 51.7 Å². The zero-order valence-electron chi connectivity index (χ0n) is 19.6. The summed E-state index contributed by atoms with van der Waals surface area (Å²) in [5.41, 5.74) is 5.34. The number of benzene rings is 1. The highest BCUT2D eigenvalue weighted by Crippen LogP contribution is 2.31. The van der Waals surface area contributed by atoms with E-state index in [-0.39, 0.29) is 22.0 Å². The number of anilines is 1. The monoisotopic (exact) mass is 511 g/mol. The molecule has 1 aliphatic rings. The number of hydrogen-bond donors (Lipinski definition) is 4.